The third-order valence-corrected chi connectivity index (χ3v) is 3.42. The number of benzene rings is 1. The summed E-state index contributed by atoms with van der Waals surface area (Å²) in [4.78, 5) is 4.23. The van der Waals surface area contributed by atoms with Crippen LogP contribution in [0.15, 0.2) is 36.8 Å². The monoisotopic (exact) mass is 261 g/mol. The predicted octanol–water partition coefficient (Wildman–Crippen LogP) is 2.84. The van der Waals surface area contributed by atoms with Crippen molar-refractivity contribution >= 4 is 11.6 Å². The number of hydrogen-bond acceptors (Lipinski definition) is 2. The second-order valence-corrected chi connectivity index (χ2v) is 5.23. The van der Waals surface area contributed by atoms with Crippen LogP contribution >= 0.6 is 11.6 Å². The van der Waals surface area contributed by atoms with Gasteiger partial charge in [0.1, 0.15) is 0 Å². The van der Waals surface area contributed by atoms with Crippen LogP contribution in [-0.4, -0.2) is 15.6 Å². The molecule has 1 fully saturated rings. The van der Waals surface area contributed by atoms with Gasteiger partial charge in [0.25, 0.3) is 0 Å². The molecule has 1 N–H and O–H groups in total. The van der Waals surface area contributed by atoms with Gasteiger partial charge in [-0.15, -0.1) is 0 Å². The van der Waals surface area contributed by atoms with E-state index < -0.39 is 0 Å². The van der Waals surface area contributed by atoms with E-state index in [0.717, 1.165) is 24.2 Å². The third kappa shape index (κ3) is 2.92. The van der Waals surface area contributed by atoms with E-state index in [1.807, 2.05) is 30.7 Å². The minimum Gasteiger partial charge on any atom is -0.329 e. The van der Waals surface area contributed by atoms with Gasteiger partial charge < -0.3 is 9.88 Å². The summed E-state index contributed by atoms with van der Waals surface area (Å²) < 4.78 is 2.17. The first-order valence-electron chi connectivity index (χ1n) is 6.28. The summed E-state index contributed by atoms with van der Waals surface area (Å²) in [6.07, 6.45) is 6.43. The van der Waals surface area contributed by atoms with Gasteiger partial charge in [-0.2, -0.15) is 0 Å². The molecule has 0 atom stereocenters. The van der Waals surface area contributed by atoms with Gasteiger partial charge in [-0.25, -0.2) is 4.98 Å². The van der Waals surface area contributed by atoms with E-state index in [-0.39, 0.29) is 0 Å². The molecule has 18 heavy (non-hydrogen) atoms. The molecule has 3 rings (SSSR count). The SMILES string of the molecule is Clc1cccc(Cn2cncc2CNC2CC2)c1. The van der Waals surface area contributed by atoms with E-state index in [4.69, 9.17) is 11.6 Å². The van der Waals surface area contributed by atoms with E-state index >= 15 is 0 Å². The summed E-state index contributed by atoms with van der Waals surface area (Å²) in [6.45, 7) is 1.72. The van der Waals surface area contributed by atoms with Crippen LogP contribution in [0.25, 0.3) is 0 Å². The molecule has 0 aliphatic heterocycles. The fraction of sp³-hybridized carbons (Fsp3) is 0.357. The van der Waals surface area contributed by atoms with Crippen molar-refractivity contribution in [1.82, 2.24) is 14.9 Å². The van der Waals surface area contributed by atoms with Crippen LogP contribution in [0.2, 0.25) is 5.02 Å². The molecule has 94 valence electrons. The van der Waals surface area contributed by atoms with Crippen molar-refractivity contribution < 1.29 is 0 Å². The van der Waals surface area contributed by atoms with Crippen LogP contribution in [0.1, 0.15) is 24.1 Å². The molecule has 2 aromatic rings. The Hall–Kier alpha value is -1.32. The van der Waals surface area contributed by atoms with Crippen LogP contribution in [-0.2, 0) is 13.1 Å². The molecule has 4 heteroatoms. The number of nitrogens with zero attached hydrogens (tertiary/aromatic N) is 2. The first kappa shape index (κ1) is 11.8. The van der Waals surface area contributed by atoms with Gasteiger partial charge in [0, 0.05) is 30.4 Å². The Balaban J connectivity index is 1.69. The number of rotatable bonds is 5. The summed E-state index contributed by atoms with van der Waals surface area (Å²) in [5, 5.41) is 4.29. The summed E-state index contributed by atoms with van der Waals surface area (Å²) >= 11 is 6.00. The van der Waals surface area contributed by atoms with E-state index in [9.17, 15) is 0 Å². The Morgan fingerprint density at radius 1 is 1.39 bits per heavy atom. The number of imidazole rings is 1. The van der Waals surface area contributed by atoms with Crippen LogP contribution in [0.3, 0.4) is 0 Å². The van der Waals surface area contributed by atoms with Gasteiger partial charge in [-0.05, 0) is 30.5 Å². The Labute approximate surface area is 112 Å². The lowest BCUT2D eigenvalue weighted by molar-refractivity contribution is 0.634. The third-order valence-electron chi connectivity index (χ3n) is 3.19. The smallest absolute Gasteiger partial charge is 0.0951 e. The van der Waals surface area contributed by atoms with Crippen molar-refractivity contribution in [2.45, 2.75) is 32.0 Å². The molecular weight excluding hydrogens is 246 g/mol. The highest BCUT2D eigenvalue weighted by Gasteiger charge is 2.20. The van der Waals surface area contributed by atoms with Crippen molar-refractivity contribution in [3.05, 3.63) is 53.1 Å². The Bertz CT molecular complexity index is 531. The van der Waals surface area contributed by atoms with Gasteiger partial charge in [0.05, 0.1) is 12.0 Å². The molecule has 1 saturated carbocycles. The average molecular weight is 262 g/mol. The molecule has 1 aliphatic carbocycles. The van der Waals surface area contributed by atoms with Gasteiger partial charge >= 0.3 is 0 Å². The molecule has 1 aromatic heterocycles. The van der Waals surface area contributed by atoms with Crippen LogP contribution in [0.4, 0.5) is 0 Å². The van der Waals surface area contributed by atoms with Crippen molar-refractivity contribution in [2.75, 3.05) is 0 Å². The Kier molecular flexibility index (Phi) is 3.35. The lowest BCUT2D eigenvalue weighted by atomic mass is 10.2. The largest absolute Gasteiger partial charge is 0.329 e. The fourth-order valence-corrected chi connectivity index (χ4v) is 2.22. The number of aromatic nitrogens is 2. The van der Waals surface area contributed by atoms with Gasteiger partial charge in [-0.1, -0.05) is 23.7 Å². The standard InChI is InChI=1S/C14H16ClN3/c15-12-3-1-2-11(6-12)9-18-10-16-7-14(18)8-17-13-4-5-13/h1-3,6-7,10,13,17H,4-5,8-9H2. The highest BCUT2D eigenvalue weighted by atomic mass is 35.5. The van der Waals surface area contributed by atoms with E-state index in [1.54, 1.807) is 0 Å². The molecule has 1 heterocycles. The summed E-state index contributed by atoms with van der Waals surface area (Å²) in [5.41, 5.74) is 2.43. The van der Waals surface area contributed by atoms with Crippen molar-refractivity contribution in [3.63, 3.8) is 0 Å². The Morgan fingerprint density at radius 2 is 2.28 bits per heavy atom. The quantitative estimate of drug-likeness (QED) is 0.897. The fourth-order valence-electron chi connectivity index (χ4n) is 2.01. The molecule has 0 unspecified atom stereocenters. The van der Waals surface area contributed by atoms with Gasteiger partial charge in [0.2, 0.25) is 0 Å². The molecule has 0 amide bonds. The normalized spacial score (nSPS) is 14.9. The van der Waals surface area contributed by atoms with Crippen LogP contribution in [0, 0.1) is 0 Å². The molecule has 0 bridgehead atoms. The molecule has 3 nitrogen and oxygen atoms in total. The second-order valence-electron chi connectivity index (χ2n) is 4.80. The first-order valence-corrected chi connectivity index (χ1v) is 6.66. The maximum absolute atomic E-state index is 6.00. The minimum atomic E-state index is 0.722. The predicted molar refractivity (Wildman–Crippen MR) is 72.6 cm³/mol. The first-order chi connectivity index (χ1) is 8.81. The van der Waals surface area contributed by atoms with E-state index in [1.165, 1.54) is 24.1 Å². The zero-order chi connectivity index (χ0) is 12.4. The van der Waals surface area contributed by atoms with E-state index in [2.05, 4.69) is 20.9 Å². The van der Waals surface area contributed by atoms with E-state index in [0.29, 0.717) is 0 Å². The summed E-state index contributed by atoms with van der Waals surface area (Å²) in [7, 11) is 0. The number of halogens is 1. The molecule has 1 aliphatic rings. The Morgan fingerprint density at radius 3 is 3.06 bits per heavy atom. The lowest BCUT2D eigenvalue weighted by Gasteiger charge is -2.09. The lowest BCUT2D eigenvalue weighted by Crippen LogP contribution is -2.18. The summed E-state index contributed by atoms with van der Waals surface area (Å²) in [6, 6.07) is 8.69. The highest BCUT2D eigenvalue weighted by Crippen LogP contribution is 2.19. The molecule has 0 saturated heterocycles. The number of nitrogens with one attached hydrogen (secondary N) is 1. The second kappa shape index (κ2) is 5.12. The van der Waals surface area contributed by atoms with Crippen LogP contribution < -0.4 is 5.32 Å². The van der Waals surface area contributed by atoms with Gasteiger partial charge in [0.15, 0.2) is 0 Å². The summed E-state index contributed by atoms with van der Waals surface area (Å²) in [5.74, 6) is 0. The van der Waals surface area contributed by atoms with Crippen LogP contribution in [0.5, 0.6) is 0 Å². The van der Waals surface area contributed by atoms with Crippen molar-refractivity contribution in [1.29, 1.82) is 0 Å². The molecule has 1 aromatic carbocycles. The highest BCUT2D eigenvalue weighted by molar-refractivity contribution is 6.30. The topological polar surface area (TPSA) is 29.9 Å². The zero-order valence-corrected chi connectivity index (χ0v) is 10.9. The van der Waals surface area contributed by atoms with Crippen molar-refractivity contribution in [3.8, 4) is 0 Å². The maximum atomic E-state index is 6.00. The number of hydrogen-bond donors (Lipinski definition) is 1. The molecule has 0 spiro atoms. The van der Waals surface area contributed by atoms with Gasteiger partial charge in [-0.3, -0.25) is 0 Å². The zero-order valence-electron chi connectivity index (χ0n) is 10.1. The minimum absolute atomic E-state index is 0.722. The molecule has 0 radical (unpaired) electrons. The maximum Gasteiger partial charge on any atom is 0.0951 e. The van der Waals surface area contributed by atoms with Crippen molar-refractivity contribution in [2.24, 2.45) is 0 Å². The molecular formula is C14H16ClN3. The average Bonchev–Trinajstić information content (AvgIpc) is 3.08.